The molecule has 7 nitrogen and oxygen atoms in total. The van der Waals surface area contributed by atoms with Gasteiger partial charge < -0.3 is 9.64 Å². The van der Waals surface area contributed by atoms with Crippen LogP contribution in [0.15, 0.2) is 18.3 Å². The van der Waals surface area contributed by atoms with Gasteiger partial charge in [0.25, 0.3) is 5.91 Å². The Hall–Kier alpha value is -2.06. The van der Waals surface area contributed by atoms with Crippen LogP contribution in [0.4, 0.5) is 5.13 Å². The van der Waals surface area contributed by atoms with E-state index < -0.39 is 0 Å². The van der Waals surface area contributed by atoms with Crippen molar-refractivity contribution in [1.29, 1.82) is 0 Å². The molecule has 112 valence electrons. The largest absolute Gasteiger partial charge is 0.497 e. The van der Waals surface area contributed by atoms with E-state index in [9.17, 15) is 4.79 Å². The van der Waals surface area contributed by atoms with Crippen molar-refractivity contribution in [2.75, 3.05) is 33.1 Å². The molecule has 8 heteroatoms. The molecule has 0 aromatic carbocycles. The SMILES string of the molecule is COc1ccnc(C(=O)Nc2nnc(CCN(C)C)s2)c1. The molecular formula is C13H17N5O2S. The van der Waals surface area contributed by atoms with Crippen molar-refractivity contribution < 1.29 is 9.53 Å². The number of ether oxygens (including phenoxy) is 1. The van der Waals surface area contributed by atoms with Crippen LogP contribution in [0.25, 0.3) is 0 Å². The van der Waals surface area contributed by atoms with Gasteiger partial charge in [-0.1, -0.05) is 11.3 Å². The van der Waals surface area contributed by atoms with E-state index in [-0.39, 0.29) is 11.6 Å². The summed E-state index contributed by atoms with van der Waals surface area (Å²) >= 11 is 1.37. The highest BCUT2D eigenvalue weighted by molar-refractivity contribution is 7.15. The summed E-state index contributed by atoms with van der Waals surface area (Å²) in [6.07, 6.45) is 2.33. The zero-order valence-electron chi connectivity index (χ0n) is 12.2. The maximum Gasteiger partial charge on any atom is 0.276 e. The topological polar surface area (TPSA) is 80.2 Å². The monoisotopic (exact) mass is 307 g/mol. The van der Waals surface area contributed by atoms with E-state index in [1.54, 1.807) is 19.2 Å². The molecule has 21 heavy (non-hydrogen) atoms. The molecule has 2 aromatic heterocycles. The van der Waals surface area contributed by atoms with Crippen molar-refractivity contribution in [3.05, 3.63) is 29.0 Å². The summed E-state index contributed by atoms with van der Waals surface area (Å²) < 4.78 is 5.06. The molecule has 1 amide bonds. The minimum atomic E-state index is -0.329. The highest BCUT2D eigenvalue weighted by atomic mass is 32.1. The molecule has 0 fully saturated rings. The lowest BCUT2D eigenvalue weighted by molar-refractivity contribution is 0.102. The lowest BCUT2D eigenvalue weighted by Crippen LogP contribution is -2.14. The smallest absolute Gasteiger partial charge is 0.276 e. The number of aromatic nitrogens is 3. The zero-order valence-corrected chi connectivity index (χ0v) is 13.0. The van der Waals surface area contributed by atoms with Gasteiger partial charge in [-0.05, 0) is 20.2 Å². The van der Waals surface area contributed by atoms with E-state index in [1.165, 1.54) is 17.5 Å². The van der Waals surface area contributed by atoms with Gasteiger partial charge in [0, 0.05) is 25.2 Å². The van der Waals surface area contributed by atoms with E-state index >= 15 is 0 Å². The van der Waals surface area contributed by atoms with Crippen LogP contribution in [0.2, 0.25) is 0 Å². The second kappa shape index (κ2) is 7.09. The van der Waals surface area contributed by atoms with Gasteiger partial charge in [-0.3, -0.25) is 15.1 Å². The third-order valence-electron chi connectivity index (χ3n) is 2.66. The van der Waals surface area contributed by atoms with Crippen LogP contribution in [0.3, 0.4) is 0 Å². The Morgan fingerprint density at radius 1 is 1.43 bits per heavy atom. The Morgan fingerprint density at radius 3 is 2.95 bits per heavy atom. The average molecular weight is 307 g/mol. The number of likely N-dealkylation sites (N-methyl/N-ethyl adjacent to an activating group) is 1. The molecule has 0 saturated heterocycles. The number of amides is 1. The molecular weight excluding hydrogens is 290 g/mol. The fraction of sp³-hybridized carbons (Fsp3) is 0.385. The molecule has 2 rings (SSSR count). The van der Waals surface area contributed by atoms with Gasteiger partial charge in [-0.2, -0.15) is 0 Å². The second-order valence-corrected chi connectivity index (χ2v) is 5.65. The first-order valence-electron chi connectivity index (χ1n) is 6.37. The summed E-state index contributed by atoms with van der Waals surface area (Å²) in [5, 5.41) is 12.1. The fourth-order valence-electron chi connectivity index (χ4n) is 1.55. The van der Waals surface area contributed by atoms with E-state index in [4.69, 9.17) is 4.74 Å². The van der Waals surface area contributed by atoms with Crippen molar-refractivity contribution >= 4 is 22.4 Å². The van der Waals surface area contributed by atoms with Crippen molar-refractivity contribution in [3.63, 3.8) is 0 Å². The number of carbonyl (C=O) groups excluding carboxylic acids is 1. The molecule has 0 radical (unpaired) electrons. The predicted molar refractivity (Wildman–Crippen MR) is 80.9 cm³/mol. The van der Waals surface area contributed by atoms with Crippen LogP contribution in [0, 0.1) is 0 Å². The fourth-order valence-corrected chi connectivity index (χ4v) is 2.27. The van der Waals surface area contributed by atoms with E-state index in [1.807, 2.05) is 14.1 Å². The van der Waals surface area contributed by atoms with E-state index in [0.29, 0.717) is 10.9 Å². The summed E-state index contributed by atoms with van der Waals surface area (Å²) in [5.41, 5.74) is 0.277. The number of hydrogen-bond donors (Lipinski definition) is 1. The Morgan fingerprint density at radius 2 is 2.24 bits per heavy atom. The van der Waals surface area contributed by atoms with Gasteiger partial charge in [0.2, 0.25) is 5.13 Å². The van der Waals surface area contributed by atoms with Gasteiger partial charge >= 0.3 is 0 Å². The van der Waals surface area contributed by atoms with Crippen LogP contribution in [0.1, 0.15) is 15.5 Å². The first-order chi connectivity index (χ1) is 10.1. The highest BCUT2D eigenvalue weighted by Crippen LogP contribution is 2.17. The lowest BCUT2D eigenvalue weighted by atomic mass is 10.3. The second-order valence-electron chi connectivity index (χ2n) is 4.59. The molecule has 0 atom stereocenters. The van der Waals surface area contributed by atoms with Gasteiger partial charge in [0.05, 0.1) is 7.11 Å². The molecule has 0 aliphatic rings. The number of anilines is 1. The quantitative estimate of drug-likeness (QED) is 0.866. The van der Waals surface area contributed by atoms with Gasteiger partial charge in [0.1, 0.15) is 16.5 Å². The van der Waals surface area contributed by atoms with Gasteiger partial charge in [0.15, 0.2) is 0 Å². The average Bonchev–Trinajstić information content (AvgIpc) is 2.92. The van der Waals surface area contributed by atoms with Crippen LogP contribution in [0.5, 0.6) is 5.75 Å². The summed E-state index contributed by atoms with van der Waals surface area (Å²) in [4.78, 5) is 18.1. The maximum absolute atomic E-state index is 12.1. The third kappa shape index (κ3) is 4.47. The number of hydrogen-bond acceptors (Lipinski definition) is 7. The van der Waals surface area contributed by atoms with E-state index in [0.717, 1.165) is 18.0 Å². The standard InChI is InChI=1S/C13H17N5O2S/c1-18(2)7-5-11-16-17-13(21-11)15-12(19)10-8-9(20-3)4-6-14-10/h4,6,8H,5,7H2,1-3H3,(H,15,17,19). The Bertz CT molecular complexity index is 614. The molecule has 2 heterocycles. The van der Waals surface area contributed by atoms with Crippen molar-refractivity contribution in [2.24, 2.45) is 0 Å². The molecule has 0 aliphatic carbocycles. The number of nitrogens with one attached hydrogen (secondary N) is 1. The third-order valence-corrected chi connectivity index (χ3v) is 3.56. The van der Waals surface area contributed by atoms with Crippen LogP contribution in [-0.2, 0) is 6.42 Å². The molecule has 1 N–H and O–H groups in total. The first kappa shape index (κ1) is 15.3. The Kier molecular flexibility index (Phi) is 5.18. The molecule has 0 bridgehead atoms. The predicted octanol–water partition coefficient (Wildman–Crippen LogP) is 1.30. The van der Waals surface area contributed by atoms with Crippen LogP contribution in [-0.4, -0.2) is 53.7 Å². The van der Waals surface area contributed by atoms with E-state index in [2.05, 4.69) is 25.4 Å². The number of pyridine rings is 1. The highest BCUT2D eigenvalue weighted by Gasteiger charge is 2.12. The zero-order chi connectivity index (χ0) is 15.2. The number of nitrogens with zero attached hydrogens (tertiary/aromatic N) is 4. The number of rotatable bonds is 6. The van der Waals surface area contributed by atoms with Gasteiger partial charge in [-0.15, -0.1) is 10.2 Å². The molecule has 0 aliphatic heterocycles. The Labute approximate surface area is 127 Å². The minimum absolute atomic E-state index is 0.277. The summed E-state index contributed by atoms with van der Waals surface area (Å²) in [7, 11) is 5.54. The summed E-state index contributed by atoms with van der Waals surface area (Å²) in [6.45, 7) is 0.889. The van der Waals surface area contributed by atoms with Crippen molar-refractivity contribution in [1.82, 2.24) is 20.1 Å². The van der Waals surface area contributed by atoms with Crippen molar-refractivity contribution in [3.8, 4) is 5.75 Å². The Balaban J connectivity index is 1.99. The molecule has 0 spiro atoms. The summed E-state index contributed by atoms with van der Waals surface area (Å²) in [5.74, 6) is 0.253. The normalized spacial score (nSPS) is 10.7. The van der Waals surface area contributed by atoms with Crippen LogP contribution < -0.4 is 10.1 Å². The van der Waals surface area contributed by atoms with Crippen LogP contribution >= 0.6 is 11.3 Å². The molecule has 2 aromatic rings. The number of carbonyl (C=O) groups is 1. The lowest BCUT2D eigenvalue weighted by Gasteiger charge is -2.05. The summed E-state index contributed by atoms with van der Waals surface area (Å²) in [6, 6.07) is 3.25. The number of methoxy groups -OCH3 is 1. The molecule has 0 unspecified atom stereocenters. The minimum Gasteiger partial charge on any atom is -0.497 e. The maximum atomic E-state index is 12.1. The van der Waals surface area contributed by atoms with Gasteiger partial charge in [-0.25, -0.2) is 0 Å². The van der Waals surface area contributed by atoms with Crippen molar-refractivity contribution in [2.45, 2.75) is 6.42 Å². The first-order valence-corrected chi connectivity index (χ1v) is 7.18. The molecule has 0 saturated carbocycles.